The molecule has 2 heteroatoms. The first-order chi connectivity index (χ1) is 26.8. The van der Waals surface area contributed by atoms with Crippen molar-refractivity contribution in [3.05, 3.63) is 206 Å². The first kappa shape index (κ1) is 30.5. The molecule has 0 saturated heterocycles. The summed E-state index contributed by atoms with van der Waals surface area (Å²) < 4.78 is 2.47. The van der Waals surface area contributed by atoms with Crippen molar-refractivity contribution >= 4 is 71.2 Å². The monoisotopic (exact) mass is 686 g/mol. The summed E-state index contributed by atoms with van der Waals surface area (Å²) in [6.45, 7) is 0. The molecule has 0 radical (unpaired) electrons. The molecule has 10 aromatic carbocycles. The predicted molar refractivity (Wildman–Crippen MR) is 230 cm³/mol. The molecule has 0 fully saturated rings. The molecule has 0 saturated carbocycles. The van der Waals surface area contributed by atoms with Gasteiger partial charge in [0.15, 0.2) is 0 Å². The summed E-state index contributed by atoms with van der Waals surface area (Å²) in [6.07, 6.45) is 0. The smallest absolute Gasteiger partial charge is 0.0620 e. The van der Waals surface area contributed by atoms with Gasteiger partial charge in [-0.1, -0.05) is 146 Å². The van der Waals surface area contributed by atoms with Crippen molar-refractivity contribution in [2.24, 2.45) is 0 Å². The topological polar surface area (TPSA) is 8.17 Å². The summed E-state index contributed by atoms with van der Waals surface area (Å²) >= 11 is 0. The molecule has 1 heterocycles. The summed E-state index contributed by atoms with van der Waals surface area (Å²) in [4.78, 5) is 2.31. The molecule has 0 aliphatic rings. The minimum Gasteiger partial charge on any atom is -0.311 e. The van der Waals surface area contributed by atoms with E-state index in [0.29, 0.717) is 0 Å². The van der Waals surface area contributed by atoms with Crippen LogP contribution in [-0.4, -0.2) is 4.57 Å². The number of aromatic nitrogens is 1. The summed E-state index contributed by atoms with van der Waals surface area (Å²) in [5.74, 6) is 0. The van der Waals surface area contributed by atoms with Gasteiger partial charge in [0, 0.05) is 38.9 Å². The molecule has 0 bridgehead atoms. The molecule has 0 aliphatic carbocycles. The Morgan fingerprint density at radius 1 is 0.333 bits per heavy atom. The van der Waals surface area contributed by atoms with Gasteiger partial charge in [-0.3, -0.25) is 0 Å². The number of anilines is 3. The zero-order valence-corrected chi connectivity index (χ0v) is 29.5. The van der Waals surface area contributed by atoms with Crippen molar-refractivity contribution in [1.29, 1.82) is 0 Å². The highest BCUT2D eigenvalue weighted by molar-refractivity contribution is 6.32. The van der Waals surface area contributed by atoms with Gasteiger partial charge in [-0.05, 0) is 110 Å². The Bertz CT molecular complexity index is 3070. The molecular formula is C52H34N2. The second-order valence-corrected chi connectivity index (χ2v) is 14.1. The Morgan fingerprint density at radius 3 is 1.59 bits per heavy atom. The number of hydrogen-bond donors (Lipinski definition) is 0. The van der Waals surface area contributed by atoms with Gasteiger partial charge in [0.25, 0.3) is 0 Å². The van der Waals surface area contributed by atoms with Crippen LogP contribution < -0.4 is 4.90 Å². The van der Waals surface area contributed by atoms with E-state index in [9.17, 15) is 0 Å². The van der Waals surface area contributed by atoms with E-state index < -0.39 is 0 Å². The zero-order valence-electron chi connectivity index (χ0n) is 29.5. The van der Waals surface area contributed by atoms with E-state index in [1.807, 2.05) is 0 Å². The van der Waals surface area contributed by atoms with Crippen molar-refractivity contribution in [1.82, 2.24) is 4.57 Å². The van der Waals surface area contributed by atoms with Crippen LogP contribution in [-0.2, 0) is 0 Å². The maximum atomic E-state index is 2.47. The highest BCUT2D eigenvalue weighted by Gasteiger charge is 2.20. The molecule has 11 rings (SSSR count). The van der Waals surface area contributed by atoms with Crippen LogP contribution in [0.25, 0.3) is 82.1 Å². The van der Waals surface area contributed by atoms with E-state index in [0.717, 1.165) is 22.7 Å². The lowest BCUT2D eigenvalue weighted by Crippen LogP contribution is -2.09. The summed E-state index contributed by atoms with van der Waals surface area (Å²) in [5.41, 5.74) is 11.9. The Hall–Kier alpha value is -7.16. The van der Waals surface area contributed by atoms with E-state index >= 15 is 0 Å². The van der Waals surface area contributed by atoms with Crippen LogP contribution in [0.4, 0.5) is 17.1 Å². The lowest BCUT2D eigenvalue weighted by molar-refractivity contribution is 1.19. The van der Waals surface area contributed by atoms with Gasteiger partial charge in [-0.25, -0.2) is 0 Å². The zero-order chi connectivity index (χ0) is 35.6. The van der Waals surface area contributed by atoms with Crippen LogP contribution in [0.2, 0.25) is 0 Å². The number of benzene rings is 10. The number of rotatable bonds is 6. The van der Waals surface area contributed by atoms with Crippen LogP contribution in [0.1, 0.15) is 0 Å². The van der Waals surface area contributed by atoms with Crippen LogP contribution in [0.5, 0.6) is 0 Å². The van der Waals surface area contributed by atoms with E-state index in [2.05, 4.69) is 216 Å². The van der Waals surface area contributed by atoms with Gasteiger partial charge in [0.1, 0.15) is 0 Å². The van der Waals surface area contributed by atoms with Crippen molar-refractivity contribution in [3.8, 4) is 27.9 Å². The van der Waals surface area contributed by atoms with Gasteiger partial charge in [0.2, 0.25) is 0 Å². The molecule has 54 heavy (non-hydrogen) atoms. The molecule has 2 nitrogen and oxygen atoms in total. The summed E-state index contributed by atoms with van der Waals surface area (Å²) in [5, 5.41) is 10.3. The van der Waals surface area contributed by atoms with Crippen molar-refractivity contribution < 1.29 is 0 Å². The normalized spacial score (nSPS) is 11.7. The Labute approximate surface area is 313 Å². The van der Waals surface area contributed by atoms with Gasteiger partial charge in [-0.2, -0.15) is 0 Å². The SMILES string of the molecule is c1ccc(-c2ccc(-n3c4ccccc4c4cc5ccc6ccc(-c7ccc(N(c8ccccc8)c8ccccc8)cc7)c7ccc(c5c67)c43)cc2)cc1. The minimum atomic E-state index is 1.13. The third-order valence-corrected chi connectivity index (χ3v) is 11.1. The molecule has 11 aromatic rings. The number of fused-ring (bicyclic) bond motifs is 4. The van der Waals surface area contributed by atoms with E-state index in [1.165, 1.54) is 76.4 Å². The van der Waals surface area contributed by atoms with E-state index in [4.69, 9.17) is 0 Å². The maximum absolute atomic E-state index is 2.47. The fraction of sp³-hybridized carbons (Fsp3) is 0. The minimum absolute atomic E-state index is 1.13. The van der Waals surface area contributed by atoms with Crippen molar-refractivity contribution in [2.75, 3.05) is 4.90 Å². The Morgan fingerprint density at radius 2 is 0.870 bits per heavy atom. The first-order valence-corrected chi connectivity index (χ1v) is 18.6. The molecule has 0 amide bonds. The lowest BCUT2D eigenvalue weighted by atomic mass is 9.89. The van der Waals surface area contributed by atoms with Gasteiger partial charge >= 0.3 is 0 Å². The Balaban J connectivity index is 1.09. The van der Waals surface area contributed by atoms with E-state index in [1.54, 1.807) is 0 Å². The predicted octanol–water partition coefficient (Wildman–Crippen LogP) is 14.5. The summed E-state index contributed by atoms with van der Waals surface area (Å²) in [6, 6.07) is 75.0. The second-order valence-electron chi connectivity index (χ2n) is 14.1. The fourth-order valence-electron chi connectivity index (χ4n) is 8.67. The second kappa shape index (κ2) is 12.2. The van der Waals surface area contributed by atoms with Gasteiger partial charge < -0.3 is 9.47 Å². The molecular weight excluding hydrogens is 653 g/mol. The number of para-hydroxylation sites is 3. The standard InChI is InChI=1S/C52H34N2/c1-4-12-35(13-5-1)36-22-27-43(28-23-36)54-49-19-11-10-18-45(49)48-34-39-21-20-38-26-31-44(46-32-33-47(52(48)54)51(39)50(38)46)37-24-29-42(30-25-37)53(40-14-6-2-7-15-40)41-16-8-3-9-17-41/h1-34H. The highest BCUT2D eigenvalue weighted by atomic mass is 15.1. The molecule has 0 atom stereocenters. The third kappa shape index (κ3) is 4.74. The van der Waals surface area contributed by atoms with Gasteiger partial charge in [-0.15, -0.1) is 0 Å². The van der Waals surface area contributed by atoms with Crippen LogP contribution in [0.15, 0.2) is 206 Å². The van der Waals surface area contributed by atoms with Crippen LogP contribution in [0, 0.1) is 0 Å². The molecule has 0 aliphatic heterocycles. The first-order valence-electron chi connectivity index (χ1n) is 18.6. The average Bonchev–Trinajstić information content (AvgIpc) is 3.58. The maximum Gasteiger partial charge on any atom is 0.0620 e. The van der Waals surface area contributed by atoms with Crippen molar-refractivity contribution in [2.45, 2.75) is 0 Å². The quantitative estimate of drug-likeness (QED) is 0.158. The van der Waals surface area contributed by atoms with Crippen molar-refractivity contribution in [3.63, 3.8) is 0 Å². The Kier molecular flexibility index (Phi) is 6.90. The summed E-state index contributed by atoms with van der Waals surface area (Å²) in [7, 11) is 0. The van der Waals surface area contributed by atoms with E-state index in [-0.39, 0.29) is 0 Å². The fourth-order valence-corrected chi connectivity index (χ4v) is 8.67. The highest BCUT2D eigenvalue weighted by Crippen LogP contribution is 2.45. The molecule has 0 spiro atoms. The molecule has 0 unspecified atom stereocenters. The largest absolute Gasteiger partial charge is 0.311 e. The van der Waals surface area contributed by atoms with Crippen LogP contribution in [0.3, 0.4) is 0 Å². The molecule has 252 valence electrons. The molecule has 1 aromatic heterocycles. The number of hydrogen-bond acceptors (Lipinski definition) is 1. The van der Waals surface area contributed by atoms with Gasteiger partial charge in [0.05, 0.1) is 11.0 Å². The molecule has 0 N–H and O–H groups in total. The number of nitrogens with zero attached hydrogens (tertiary/aromatic N) is 2. The van der Waals surface area contributed by atoms with Crippen LogP contribution >= 0.6 is 0 Å². The lowest BCUT2D eigenvalue weighted by Gasteiger charge is -2.25. The third-order valence-electron chi connectivity index (χ3n) is 11.1. The average molecular weight is 687 g/mol.